The maximum atomic E-state index is 14.1. The van der Waals surface area contributed by atoms with Crippen molar-refractivity contribution >= 4 is 22.8 Å². The van der Waals surface area contributed by atoms with Crippen LogP contribution in [0.4, 0.5) is 5.82 Å². The van der Waals surface area contributed by atoms with Crippen LogP contribution < -0.4 is 4.90 Å². The van der Waals surface area contributed by atoms with E-state index in [1.54, 1.807) is 0 Å². The van der Waals surface area contributed by atoms with Gasteiger partial charge in [0.15, 0.2) is 0 Å². The van der Waals surface area contributed by atoms with Crippen molar-refractivity contribution in [3.63, 3.8) is 0 Å². The van der Waals surface area contributed by atoms with E-state index in [0.717, 1.165) is 80.2 Å². The van der Waals surface area contributed by atoms with Crippen LogP contribution >= 0.6 is 0 Å². The summed E-state index contributed by atoms with van der Waals surface area (Å²) in [5.74, 6) is 2.04. The number of aromatic nitrogens is 3. The number of ether oxygens (including phenoxy) is 1. The van der Waals surface area contributed by atoms with Crippen LogP contribution in [0.1, 0.15) is 64.2 Å². The lowest BCUT2D eigenvalue weighted by Crippen LogP contribution is -2.50. The molecule has 7 heteroatoms. The van der Waals surface area contributed by atoms with Crippen LogP contribution in [0.15, 0.2) is 42.6 Å². The Morgan fingerprint density at radius 1 is 0.892 bits per heavy atom. The molecule has 1 saturated heterocycles. The van der Waals surface area contributed by atoms with E-state index in [0.29, 0.717) is 18.6 Å². The summed E-state index contributed by atoms with van der Waals surface area (Å²) in [7, 11) is 0. The number of hydrogen-bond donors (Lipinski definition) is 0. The van der Waals surface area contributed by atoms with E-state index in [-0.39, 0.29) is 5.91 Å². The molecule has 2 aromatic heterocycles. The Morgan fingerprint density at radius 2 is 1.57 bits per heavy atom. The Kier molecular flexibility index (Phi) is 7.40. The molecule has 7 nitrogen and oxygen atoms in total. The van der Waals surface area contributed by atoms with Crippen molar-refractivity contribution < 1.29 is 9.53 Å². The largest absolute Gasteiger partial charge is 0.378 e. The zero-order chi connectivity index (χ0) is 25.0. The summed E-state index contributed by atoms with van der Waals surface area (Å²) < 4.78 is 7.62. The average Bonchev–Trinajstić information content (AvgIpc) is 3.33. The van der Waals surface area contributed by atoms with E-state index in [1.807, 2.05) is 24.4 Å². The average molecular weight is 502 g/mol. The standard InChI is InChI=1S/C30H39N5O2/c36-29(35(24-9-3-1-4-10-24)25-11-5-2-6-12-25)22-34-27-14-8-7-13-26(27)32-30(34)23-15-16-28(31-21-23)33-17-19-37-20-18-33/h7-8,13-16,21,24-25H,1-6,9-12,17-20,22H2. The third-order valence-corrected chi connectivity index (χ3v) is 8.51. The summed E-state index contributed by atoms with van der Waals surface area (Å²) in [5.41, 5.74) is 2.88. The van der Waals surface area contributed by atoms with Crippen molar-refractivity contribution in [2.75, 3.05) is 31.2 Å². The van der Waals surface area contributed by atoms with Crippen molar-refractivity contribution in [3.05, 3.63) is 42.6 Å². The minimum atomic E-state index is 0.251. The van der Waals surface area contributed by atoms with E-state index in [4.69, 9.17) is 14.7 Å². The van der Waals surface area contributed by atoms with E-state index >= 15 is 0 Å². The fourth-order valence-electron chi connectivity index (χ4n) is 6.59. The van der Waals surface area contributed by atoms with E-state index in [9.17, 15) is 4.79 Å². The number of fused-ring (bicyclic) bond motifs is 1. The number of pyridine rings is 1. The van der Waals surface area contributed by atoms with E-state index in [1.165, 1.54) is 38.5 Å². The Labute approximate surface area is 219 Å². The monoisotopic (exact) mass is 501 g/mol. The molecule has 1 amide bonds. The van der Waals surface area contributed by atoms with Crippen LogP contribution in [-0.4, -0.2) is 63.7 Å². The molecule has 0 radical (unpaired) electrons. The van der Waals surface area contributed by atoms with E-state index < -0.39 is 0 Å². The van der Waals surface area contributed by atoms with Gasteiger partial charge in [0, 0.05) is 36.9 Å². The minimum absolute atomic E-state index is 0.251. The summed E-state index contributed by atoms with van der Waals surface area (Å²) in [6, 6.07) is 13.1. The number of morpholine rings is 1. The van der Waals surface area contributed by atoms with E-state index in [2.05, 4.69) is 32.6 Å². The molecule has 0 atom stereocenters. The Bertz CT molecular complexity index is 1170. The van der Waals surface area contributed by atoms with Crippen LogP contribution in [0.3, 0.4) is 0 Å². The van der Waals surface area contributed by atoms with Gasteiger partial charge in [0.1, 0.15) is 18.2 Å². The van der Waals surface area contributed by atoms with Crippen LogP contribution in [-0.2, 0) is 16.1 Å². The zero-order valence-electron chi connectivity index (χ0n) is 21.9. The maximum Gasteiger partial charge on any atom is 0.243 e. The highest BCUT2D eigenvalue weighted by Crippen LogP contribution is 2.32. The van der Waals surface area contributed by atoms with Gasteiger partial charge in [-0.1, -0.05) is 50.7 Å². The smallest absolute Gasteiger partial charge is 0.243 e. The molecule has 3 aliphatic rings. The third-order valence-electron chi connectivity index (χ3n) is 8.51. The SMILES string of the molecule is O=C(Cn1c(-c2ccc(N3CCOCC3)nc2)nc2ccccc21)N(C1CCCCC1)C1CCCCC1. The van der Waals surface area contributed by atoms with Crippen LogP contribution in [0.2, 0.25) is 0 Å². The Hall–Kier alpha value is -2.93. The van der Waals surface area contributed by atoms with Crippen molar-refractivity contribution in [3.8, 4) is 11.4 Å². The molecule has 0 bridgehead atoms. The molecule has 3 heterocycles. The first-order valence-electron chi connectivity index (χ1n) is 14.3. The molecule has 3 fully saturated rings. The molecular formula is C30H39N5O2. The second-order valence-electron chi connectivity index (χ2n) is 10.9. The maximum absolute atomic E-state index is 14.1. The first kappa shape index (κ1) is 24.4. The molecule has 0 unspecified atom stereocenters. The predicted molar refractivity (Wildman–Crippen MR) is 147 cm³/mol. The molecule has 1 aliphatic heterocycles. The normalized spacial score (nSPS) is 19.8. The zero-order valence-corrected chi connectivity index (χ0v) is 21.9. The summed E-state index contributed by atoms with van der Waals surface area (Å²) in [6.07, 6.45) is 14.0. The molecular weight excluding hydrogens is 462 g/mol. The lowest BCUT2D eigenvalue weighted by Gasteiger charge is -2.42. The van der Waals surface area contributed by atoms with Crippen LogP contribution in [0, 0.1) is 0 Å². The number of amides is 1. The first-order chi connectivity index (χ1) is 18.3. The van der Waals surface area contributed by atoms with Gasteiger partial charge in [-0.3, -0.25) is 4.79 Å². The third kappa shape index (κ3) is 5.24. The van der Waals surface area contributed by atoms with Gasteiger partial charge in [-0.05, 0) is 49.9 Å². The van der Waals surface area contributed by atoms with Crippen LogP contribution in [0.25, 0.3) is 22.4 Å². The fraction of sp³-hybridized carbons (Fsp3) is 0.567. The van der Waals surface area contributed by atoms with Crippen molar-refractivity contribution in [1.29, 1.82) is 0 Å². The number of carbonyl (C=O) groups is 1. The van der Waals surface area contributed by atoms with Gasteiger partial charge in [-0.2, -0.15) is 0 Å². The molecule has 6 rings (SSSR count). The number of benzene rings is 1. The van der Waals surface area contributed by atoms with Crippen molar-refractivity contribution in [2.45, 2.75) is 82.8 Å². The molecule has 2 aliphatic carbocycles. The molecule has 1 aromatic carbocycles. The van der Waals surface area contributed by atoms with Gasteiger partial charge in [-0.25, -0.2) is 9.97 Å². The van der Waals surface area contributed by atoms with Gasteiger partial charge in [-0.15, -0.1) is 0 Å². The van der Waals surface area contributed by atoms with Crippen LogP contribution in [0.5, 0.6) is 0 Å². The highest BCUT2D eigenvalue weighted by atomic mass is 16.5. The quantitative estimate of drug-likeness (QED) is 0.451. The lowest BCUT2D eigenvalue weighted by atomic mass is 9.88. The Balaban J connectivity index is 1.31. The summed E-state index contributed by atoms with van der Waals surface area (Å²) in [4.78, 5) is 28.5. The van der Waals surface area contributed by atoms with Gasteiger partial charge in [0.2, 0.25) is 5.91 Å². The molecule has 196 valence electrons. The number of anilines is 1. The van der Waals surface area contributed by atoms with Gasteiger partial charge < -0.3 is 19.1 Å². The summed E-state index contributed by atoms with van der Waals surface area (Å²) in [6.45, 7) is 3.52. The fourth-order valence-corrected chi connectivity index (χ4v) is 6.59. The first-order valence-corrected chi connectivity index (χ1v) is 14.3. The van der Waals surface area contributed by atoms with Crippen molar-refractivity contribution in [2.24, 2.45) is 0 Å². The molecule has 2 saturated carbocycles. The molecule has 0 N–H and O–H groups in total. The lowest BCUT2D eigenvalue weighted by molar-refractivity contribution is -0.138. The van der Waals surface area contributed by atoms with Gasteiger partial charge in [0.05, 0.1) is 24.2 Å². The molecule has 37 heavy (non-hydrogen) atoms. The molecule has 3 aromatic rings. The Morgan fingerprint density at radius 3 is 2.22 bits per heavy atom. The second kappa shape index (κ2) is 11.2. The van der Waals surface area contributed by atoms with Gasteiger partial charge in [0.25, 0.3) is 0 Å². The topological polar surface area (TPSA) is 63.5 Å². The highest BCUT2D eigenvalue weighted by molar-refractivity contribution is 5.85. The number of carbonyl (C=O) groups excluding carboxylic acids is 1. The predicted octanol–water partition coefficient (Wildman–Crippen LogP) is 5.43. The summed E-state index contributed by atoms with van der Waals surface area (Å²) >= 11 is 0. The number of imidazole rings is 1. The second-order valence-corrected chi connectivity index (χ2v) is 10.9. The van der Waals surface area contributed by atoms with Crippen molar-refractivity contribution in [1.82, 2.24) is 19.4 Å². The van der Waals surface area contributed by atoms with Gasteiger partial charge >= 0.3 is 0 Å². The number of nitrogens with zero attached hydrogens (tertiary/aromatic N) is 5. The number of para-hydroxylation sites is 2. The molecule has 0 spiro atoms. The number of rotatable bonds is 6. The number of hydrogen-bond acceptors (Lipinski definition) is 5. The highest BCUT2D eigenvalue weighted by Gasteiger charge is 2.33. The summed E-state index contributed by atoms with van der Waals surface area (Å²) in [5, 5.41) is 0. The minimum Gasteiger partial charge on any atom is -0.378 e.